The maximum Gasteiger partial charge on any atom is 0.416 e. The van der Waals surface area contributed by atoms with E-state index in [1.54, 1.807) is 36.5 Å². The van der Waals surface area contributed by atoms with E-state index in [4.69, 9.17) is 4.74 Å². The lowest BCUT2D eigenvalue weighted by atomic mass is 10.1. The van der Waals surface area contributed by atoms with Gasteiger partial charge in [-0.15, -0.1) is 0 Å². The number of carbonyl (C=O) groups is 1. The quantitative estimate of drug-likeness (QED) is 0.491. The summed E-state index contributed by atoms with van der Waals surface area (Å²) in [7, 11) is 0. The van der Waals surface area contributed by atoms with Crippen LogP contribution in [0, 0.1) is 0 Å². The normalized spacial score (nSPS) is 11.2. The molecule has 3 rings (SSSR count). The minimum Gasteiger partial charge on any atom is -0.457 e. The summed E-state index contributed by atoms with van der Waals surface area (Å²) >= 11 is 0. The van der Waals surface area contributed by atoms with Gasteiger partial charge in [0, 0.05) is 12.6 Å². The number of carbonyl (C=O) groups excluding carboxylic acids is 1. The Morgan fingerprint density at radius 2 is 1.65 bits per heavy atom. The molecule has 2 aromatic carbocycles. The number of nitrogens with zero attached hydrogens (tertiary/aromatic N) is 2. The summed E-state index contributed by atoms with van der Waals surface area (Å²) < 4.78 is 43.4. The van der Waals surface area contributed by atoms with Crippen LogP contribution in [-0.4, -0.2) is 15.9 Å². The number of nitrogens with one attached hydrogen (secondary N) is 1. The molecule has 0 spiro atoms. The predicted molar refractivity (Wildman–Crippen MR) is 111 cm³/mol. The number of hydrogen-bond donors (Lipinski definition) is 1. The van der Waals surface area contributed by atoms with Gasteiger partial charge in [0.15, 0.2) is 0 Å². The molecule has 0 radical (unpaired) electrons. The minimum absolute atomic E-state index is 0.148. The number of aromatic nitrogens is 2. The van der Waals surface area contributed by atoms with Crippen molar-refractivity contribution in [1.29, 1.82) is 0 Å². The highest BCUT2D eigenvalue weighted by Crippen LogP contribution is 2.31. The van der Waals surface area contributed by atoms with Crippen molar-refractivity contribution < 1.29 is 22.7 Å². The zero-order valence-corrected chi connectivity index (χ0v) is 16.9. The molecule has 1 amide bonds. The Hall–Kier alpha value is -3.42. The third-order valence-electron chi connectivity index (χ3n) is 4.43. The van der Waals surface area contributed by atoms with Crippen LogP contribution in [0.2, 0.25) is 0 Å². The molecule has 0 aliphatic rings. The summed E-state index contributed by atoms with van der Waals surface area (Å²) in [6.45, 7) is 2.09. The van der Waals surface area contributed by atoms with Crippen molar-refractivity contribution in [2.45, 2.75) is 38.8 Å². The zero-order chi connectivity index (χ0) is 22.3. The smallest absolute Gasteiger partial charge is 0.416 e. The van der Waals surface area contributed by atoms with E-state index in [-0.39, 0.29) is 12.3 Å². The van der Waals surface area contributed by atoms with Gasteiger partial charge in [0.2, 0.25) is 5.91 Å². The molecular formula is C23H22F3N3O2. The summed E-state index contributed by atoms with van der Waals surface area (Å²) in [5.74, 6) is 1.70. The van der Waals surface area contributed by atoms with Gasteiger partial charge in [-0.3, -0.25) is 4.79 Å². The SMILES string of the molecule is CCCCc1nccc(NC(=O)Cc2ccc(Oc3ccc(C(F)(F)F)cc3)cc2)n1. The first kappa shape index (κ1) is 22.3. The molecule has 0 aliphatic heterocycles. The van der Waals surface area contributed by atoms with Crippen molar-refractivity contribution in [2.24, 2.45) is 0 Å². The third-order valence-corrected chi connectivity index (χ3v) is 4.43. The molecule has 31 heavy (non-hydrogen) atoms. The number of ether oxygens (including phenoxy) is 1. The average Bonchev–Trinajstić information content (AvgIpc) is 2.73. The molecule has 1 heterocycles. The number of hydrogen-bond acceptors (Lipinski definition) is 4. The van der Waals surface area contributed by atoms with Gasteiger partial charge in [0.1, 0.15) is 23.1 Å². The average molecular weight is 429 g/mol. The first-order valence-electron chi connectivity index (χ1n) is 9.89. The van der Waals surface area contributed by atoms with Crippen molar-refractivity contribution in [3.63, 3.8) is 0 Å². The van der Waals surface area contributed by atoms with Crippen LogP contribution < -0.4 is 10.1 Å². The van der Waals surface area contributed by atoms with Crippen LogP contribution in [0.4, 0.5) is 19.0 Å². The van der Waals surface area contributed by atoms with Crippen molar-refractivity contribution in [1.82, 2.24) is 9.97 Å². The minimum atomic E-state index is -4.39. The van der Waals surface area contributed by atoms with E-state index < -0.39 is 11.7 Å². The van der Waals surface area contributed by atoms with Crippen molar-refractivity contribution in [3.05, 3.63) is 77.7 Å². The summed E-state index contributed by atoms with van der Waals surface area (Å²) in [5, 5.41) is 2.77. The molecule has 5 nitrogen and oxygen atoms in total. The first-order chi connectivity index (χ1) is 14.8. The Morgan fingerprint density at radius 3 is 2.26 bits per heavy atom. The number of amides is 1. The molecule has 0 saturated heterocycles. The Kier molecular flexibility index (Phi) is 7.23. The molecule has 0 aliphatic carbocycles. The van der Waals surface area contributed by atoms with Crippen LogP contribution in [0.1, 0.15) is 36.7 Å². The van der Waals surface area contributed by atoms with Gasteiger partial charge < -0.3 is 10.1 Å². The lowest BCUT2D eigenvalue weighted by Crippen LogP contribution is -2.16. The van der Waals surface area contributed by atoms with Crippen molar-refractivity contribution in [2.75, 3.05) is 5.32 Å². The highest BCUT2D eigenvalue weighted by Gasteiger charge is 2.30. The topological polar surface area (TPSA) is 64.1 Å². The van der Waals surface area contributed by atoms with Crippen LogP contribution >= 0.6 is 0 Å². The fraction of sp³-hybridized carbons (Fsp3) is 0.261. The Balaban J connectivity index is 1.55. The molecule has 0 fully saturated rings. The van der Waals surface area contributed by atoms with E-state index in [9.17, 15) is 18.0 Å². The molecule has 3 aromatic rings. The lowest BCUT2D eigenvalue weighted by Gasteiger charge is -2.10. The molecular weight excluding hydrogens is 407 g/mol. The summed E-state index contributed by atoms with van der Waals surface area (Å²) in [5.41, 5.74) is 0.0277. The second-order valence-corrected chi connectivity index (χ2v) is 6.95. The Labute approximate surface area is 178 Å². The number of unbranched alkanes of at least 4 members (excludes halogenated alkanes) is 1. The van der Waals surface area contributed by atoms with Crippen LogP contribution in [0.5, 0.6) is 11.5 Å². The molecule has 1 N–H and O–H groups in total. The highest BCUT2D eigenvalue weighted by atomic mass is 19.4. The monoisotopic (exact) mass is 429 g/mol. The largest absolute Gasteiger partial charge is 0.457 e. The molecule has 0 atom stereocenters. The van der Waals surface area contributed by atoms with Crippen LogP contribution in [0.15, 0.2) is 60.8 Å². The molecule has 1 aromatic heterocycles. The standard InChI is InChI=1S/C23H22F3N3O2/c1-2-3-4-20-27-14-13-21(28-20)29-22(30)15-16-5-9-18(10-6-16)31-19-11-7-17(8-12-19)23(24,25)26/h5-14H,2-4,15H2,1H3,(H,27,28,29,30). The van der Waals surface area contributed by atoms with E-state index in [2.05, 4.69) is 22.2 Å². The van der Waals surface area contributed by atoms with Gasteiger partial charge in [0.25, 0.3) is 0 Å². The fourth-order valence-corrected chi connectivity index (χ4v) is 2.82. The second kappa shape index (κ2) is 10.1. The van der Waals surface area contributed by atoms with E-state index in [1.807, 2.05) is 0 Å². The van der Waals surface area contributed by atoms with Crippen LogP contribution in [-0.2, 0) is 23.8 Å². The molecule has 8 heteroatoms. The summed E-state index contributed by atoms with van der Waals surface area (Å²) in [4.78, 5) is 20.8. The molecule has 162 valence electrons. The van der Waals surface area contributed by atoms with Gasteiger partial charge in [-0.25, -0.2) is 9.97 Å². The Morgan fingerprint density at radius 1 is 1.00 bits per heavy atom. The van der Waals surface area contributed by atoms with Gasteiger partial charge in [-0.2, -0.15) is 13.2 Å². The molecule has 0 unspecified atom stereocenters. The molecule has 0 bridgehead atoms. The third kappa shape index (κ3) is 6.80. The van der Waals surface area contributed by atoms with Gasteiger partial charge in [0.05, 0.1) is 12.0 Å². The van der Waals surface area contributed by atoms with Crippen LogP contribution in [0.25, 0.3) is 0 Å². The maximum absolute atomic E-state index is 12.6. The van der Waals surface area contributed by atoms with E-state index >= 15 is 0 Å². The number of aryl methyl sites for hydroxylation is 1. The number of benzene rings is 2. The van der Waals surface area contributed by atoms with E-state index in [0.717, 1.165) is 37.0 Å². The van der Waals surface area contributed by atoms with Gasteiger partial charge in [-0.1, -0.05) is 25.5 Å². The van der Waals surface area contributed by atoms with E-state index in [0.29, 0.717) is 23.1 Å². The number of halogens is 3. The van der Waals surface area contributed by atoms with Gasteiger partial charge >= 0.3 is 6.18 Å². The first-order valence-corrected chi connectivity index (χ1v) is 9.89. The predicted octanol–water partition coefficient (Wildman–Crippen LogP) is 5.81. The molecule has 0 saturated carbocycles. The Bertz CT molecular complexity index is 1000. The summed E-state index contributed by atoms with van der Waals surface area (Å²) in [6.07, 6.45) is 0.177. The number of anilines is 1. The zero-order valence-electron chi connectivity index (χ0n) is 16.9. The fourth-order valence-electron chi connectivity index (χ4n) is 2.82. The lowest BCUT2D eigenvalue weighted by molar-refractivity contribution is -0.137. The highest BCUT2D eigenvalue weighted by molar-refractivity contribution is 5.91. The van der Waals surface area contributed by atoms with Crippen molar-refractivity contribution in [3.8, 4) is 11.5 Å². The maximum atomic E-state index is 12.6. The number of alkyl halides is 3. The van der Waals surface area contributed by atoms with E-state index in [1.165, 1.54) is 12.1 Å². The van der Waals surface area contributed by atoms with Gasteiger partial charge in [-0.05, 0) is 54.4 Å². The van der Waals surface area contributed by atoms with Crippen LogP contribution in [0.3, 0.4) is 0 Å². The summed E-state index contributed by atoms with van der Waals surface area (Å²) in [6, 6.07) is 12.9. The number of rotatable bonds is 8. The second-order valence-electron chi connectivity index (χ2n) is 6.95. The van der Waals surface area contributed by atoms with Crippen molar-refractivity contribution >= 4 is 11.7 Å².